The van der Waals surface area contributed by atoms with Crippen LogP contribution in [0, 0.1) is 35.0 Å². The van der Waals surface area contributed by atoms with E-state index in [0.717, 1.165) is 64.2 Å². The van der Waals surface area contributed by atoms with Gasteiger partial charge in [0.2, 0.25) is 17.8 Å². The summed E-state index contributed by atoms with van der Waals surface area (Å²) in [5.74, 6) is -2.52. The highest BCUT2D eigenvalue weighted by Crippen LogP contribution is 2.65. The molecular weight excluding hydrogens is 761 g/mol. The summed E-state index contributed by atoms with van der Waals surface area (Å²) in [6.45, 7) is 17.5. The van der Waals surface area contributed by atoms with Gasteiger partial charge in [-0.2, -0.15) is 4.99 Å². The van der Waals surface area contributed by atoms with Crippen molar-refractivity contribution >= 4 is 45.1 Å². The number of isocyanates is 1. The van der Waals surface area contributed by atoms with Crippen LogP contribution >= 0.6 is 0 Å². The van der Waals surface area contributed by atoms with Gasteiger partial charge in [0.25, 0.3) is 0 Å². The van der Waals surface area contributed by atoms with Crippen LogP contribution in [0.3, 0.4) is 0 Å². The van der Waals surface area contributed by atoms with Crippen LogP contribution in [-0.2, 0) is 48.1 Å². The van der Waals surface area contributed by atoms with Gasteiger partial charge in [0.15, 0.2) is 21.4 Å². The van der Waals surface area contributed by atoms with Crippen molar-refractivity contribution in [2.45, 2.75) is 193 Å². The molecule has 0 aromatic heterocycles. The number of rotatable bonds is 9. The third-order valence-corrected chi connectivity index (χ3v) is 16.1. The van der Waals surface area contributed by atoms with Crippen molar-refractivity contribution in [2.75, 3.05) is 18.9 Å². The second kappa shape index (κ2) is 19.3. The maximum Gasteiger partial charge on any atom is 0.307 e. The van der Waals surface area contributed by atoms with Crippen molar-refractivity contribution in [1.82, 2.24) is 4.90 Å². The minimum atomic E-state index is -3.25. The van der Waals surface area contributed by atoms with Gasteiger partial charge < -0.3 is 14.4 Å². The molecular formula is C45H72N2O10S. The number of sulfone groups is 1. The monoisotopic (exact) mass is 832 g/mol. The molecule has 0 radical (unpaired) electrons. The van der Waals surface area contributed by atoms with Gasteiger partial charge >= 0.3 is 5.97 Å². The van der Waals surface area contributed by atoms with E-state index in [1.54, 1.807) is 52.5 Å². The van der Waals surface area contributed by atoms with Crippen LogP contribution in [0.5, 0.6) is 0 Å². The van der Waals surface area contributed by atoms with Crippen LogP contribution in [0.15, 0.2) is 4.99 Å². The van der Waals surface area contributed by atoms with Crippen LogP contribution < -0.4 is 0 Å². The molecule has 0 unspecified atom stereocenters. The van der Waals surface area contributed by atoms with E-state index in [0.29, 0.717) is 44.8 Å². The molecule has 58 heavy (non-hydrogen) atoms. The second-order valence-corrected chi connectivity index (χ2v) is 23.3. The normalized spacial score (nSPS) is 29.4. The number of piperidine rings is 1. The lowest BCUT2D eigenvalue weighted by Crippen LogP contribution is -2.51. The standard InChI is InChI=1S/C33H51NO7.C12H21NO3S/c1-20-23(18-27(37)41-32(2,3)4)31(39)34-19-24-28(33(24,5)6)29(34)25(35)17-22(12-10-8-7-9-11-15-40-20)30(38)26(36)16-21-13-14-21;1-11(2,3)17(15,16)9-12(13-10-14)7-5-4-6-8-12/h20-24,28-29H,7-19H2,1-6H3;4-9H2,1-3H3/t20-,22+,23-,24-,28-,29+;/m0./s1. The summed E-state index contributed by atoms with van der Waals surface area (Å²) in [5, 5.41) is 0. The molecule has 5 rings (SSSR count). The molecule has 6 atom stereocenters. The molecule has 0 spiro atoms. The number of aliphatic imine (C=N–C) groups is 1. The molecule has 13 heteroatoms. The van der Waals surface area contributed by atoms with E-state index in [1.807, 2.05) is 6.92 Å². The van der Waals surface area contributed by atoms with Crippen LogP contribution in [0.25, 0.3) is 0 Å². The lowest BCUT2D eigenvalue weighted by molar-refractivity contribution is -0.162. The number of esters is 1. The Morgan fingerprint density at radius 2 is 1.50 bits per heavy atom. The van der Waals surface area contributed by atoms with Gasteiger partial charge in [-0.15, -0.1) is 0 Å². The van der Waals surface area contributed by atoms with Crippen molar-refractivity contribution in [2.24, 2.45) is 40.0 Å². The lowest BCUT2D eigenvalue weighted by atomic mass is 9.84. The second-order valence-electron chi connectivity index (χ2n) is 20.6. The number of hydrogen-bond acceptors (Lipinski definition) is 11. The van der Waals surface area contributed by atoms with Crippen LogP contribution in [0.1, 0.15) is 165 Å². The fourth-order valence-electron chi connectivity index (χ4n) is 9.29. The van der Waals surface area contributed by atoms with Crippen LogP contribution in [0.4, 0.5) is 0 Å². The SMILES string of the molecule is CC(C)(C)S(=O)(=O)CC1(N=C=O)CCCCC1.C[C@@H]1OCCCCCCC[C@@H](C(=O)C(=O)CC2CC2)CC(=O)[C@@H]2[C@@H]3[C@H](CN2C(=O)[C@H]1CC(=O)OC(C)(C)C)C3(C)C. The maximum atomic E-state index is 14.2. The Kier molecular flexibility index (Phi) is 15.9. The molecule has 2 aliphatic heterocycles. The fraction of sp³-hybridized carbons (Fsp3) is 0.867. The third-order valence-electron chi connectivity index (χ3n) is 13.3. The molecule has 328 valence electrons. The van der Waals surface area contributed by atoms with E-state index in [4.69, 9.17) is 9.47 Å². The smallest absolute Gasteiger partial charge is 0.307 e. The zero-order valence-electron chi connectivity index (χ0n) is 36.9. The Labute approximate surface area is 347 Å². The zero-order valence-corrected chi connectivity index (χ0v) is 37.7. The molecule has 0 bridgehead atoms. The Morgan fingerprint density at radius 3 is 2.09 bits per heavy atom. The summed E-state index contributed by atoms with van der Waals surface area (Å²) in [4.78, 5) is 83.2. The summed E-state index contributed by atoms with van der Waals surface area (Å²) in [6, 6.07) is -0.655. The summed E-state index contributed by atoms with van der Waals surface area (Å²) in [5.41, 5.74) is -1.48. The molecule has 0 aromatic rings. The highest BCUT2D eigenvalue weighted by Gasteiger charge is 2.69. The molecule has 1 amide bonds. The van der Waals surface area contributed by atoms with Crippen LogP contribution in [0.2, 0.25) is 0 Å². The lowest BCUT2D eigenvalue weighted by Gasteiger charge is -2.35. The molecule has 5 fully saturated rings. The Hall–Kier alpha value is -2.76. The van der Waals surface area contributed by atoms with Crippen molar-refractivity contribution in [1.29, 1.82) is 0 Å². The summed E-state index contributed by atoms with van der Waals surface area (Å²) >= 11 is 0. The quantitative estimate of drug-likeness (QED) is 0.0992. The summed E-state index contributed by atoms with van der Waals surface area (Å²) < 4.78 is 35.3. The number of ether oxygens (including phenoxy) is 2. The highest BCUT2D eigenvalue weighted by molar-refractivity contribution is 7.92. The molecule has 2 heterocycles. The number of carbonyl (C=O) groups excluding carboxylic acids is 6. The predicted molar refractivity (Wildman–Crippen MR) is 221 cm³/mol. The van der Waals surface area contributed by atoms with Gasteiger partial charge in [-0.25, -0.2) is 13.2 Å². The number of fused-ring (bicyclic) bond motifs is 3. The number of ketones is 3. The molecule has 12 nitrogen and oxygen atoms in total. The molecule has 0 N–H and O–H groups in total. The van der Waals surface area contributed by atoms with Crippen LogP contribution in [-0.4, -0.2) is 95.6 Å². The van der Waals surface area contributed by atoms with Crippen molar-refractivity contribution in [3.8, 4) is 0 Å². The van der Waals surface area contributed by atoms with Gasteiger partial charge in [0.1, 0.15) is 5.60 Å². The first-order valence-corrected chi connectivity index (χ1v) is 23.6. The first-order valence-electron chi connectivity index (χ1n) is 22.0. The molecule has 3 saturated carbocycles. The van der Waals surface area contributed by atoms with E-state index in [1.165, 1.54) is 0 Å². The molecule has 3 aliphatic carbocycles. The van der Waals surface area contributed by atoms with Gasteiger partial charge in [0, 0.05) is 31.9 Å². The minimum Gasteiger partial charge on any atom is -0.460 e. The van der Waals surface area contributed by atoms with E-state index in [2.05, 4.69) is 18.8 Å². The van der Waals surface area contributed by atoms with E-state index in [-0.39, 0.29) is 53.3 Å². The van der Waals surface area contributed by atoms with Gasteiger partial charge in [-0.1, -0.05) is 58.8 Å². The topological polar surface area (TPSA) is 171 Å². The summed E-state index contributed by atoms with van der Waals surface area (Å²) in [7, 11) is -3.25. The fourth-order valence-corrected chi connectivity index (χ4v) is 10.8. The number of Topliss-reactive ketones (excluding diaryl/α,β-unsaturated/α-hetero) is 3. The molecule has 5 aliphatic rings. The van der Waals surface area contributed by atoms with E-state index >= 15 is 0 Å². The average Bonchev–Trinajstić information content (AvgIpc) is 3.96. The number of nitrogens with zero attached hydrogens (tertiary/aromatic N) is 2. The molecule has 2 saturated heterocycles. The largest absolute Gasteiger partial charge is 0.460 e. The zero-order chi connectivity index (χ0) is 43.3. The molecule has 0 aromatic carbocycles. The predicted octanol–water partition coefficient (Wildman–Crippen LogP) is 7.33. The first-order chi connectivity index (χ1) is 26.9. The minimum absolute atomic E-state index is 0.00816. The Balaban J connectivity index is 0.000000366. The van der Waals surface area contributed by atoms with Crippen molar-refractivity contribution in [3.05, 3.63) is 0 Å². The number of hydrogen-bond donors (Lipinski definition) is 0. The first kappa shape index (κ1) is 47.9. The van der Waals surface area contributed by atoms with Crippen molar-refractivity contribution < 1.29 is 46.7 Å². The van der Waals surface area contributed by atoms with Crippen molar-refractivity contribution in [3.63, 3.8) is 0 Å². The van der Waals surface area contributed by atoms with E-state index in [9.17, 15) is 37.2 Å². The third kappa shape index (κ3) is 12.6. The van der Waals surface area contributed by atoms with Gasteiger partial charge in [0.05, 0.1) is 40.5 Å². The Bertz CT molecular complexity index is 1660. The average molecular weight is 833 g/mol. The highest BCUT2D eigenvalue weighted by atomic mass is 32.2. The number of carbonyl (C=O) groups is 5. The van der Waals surface area contributed by atoms with E-state index < -0.39 is 61.5 Å². The Morgan fingerprint density at radius 1 is 0.897 bits per heavy atom. The summed E-state index contributed by atoms with van der Waals surface area (Å²) in [6.07, 6.45) is 12.5. The number of amides is 1. The maximum absolute atomic E-state index is 14.2. The van der Waals surface area contributed by atoms with Gasteiger partial charge in [-0.3, -0.25) is 24.0 Å². The van der Waals surface area contributed by atoms with Gasteiger partial charge in [-0.05, 0) is 110 Å².